The smallest absolute Gasteiger partial charge is 0.332 e. The second-order valence-corrected chi connectivity index (χ2v) is 8.24. The van der Waals surface area contributed by atoms with Crippen molar-refractivity contribution in [3.05, 3.63) is 59.0 Å². The molecule has 32 heavy (non-hydrogen) atoms. The lowest BCUT2D eigenvalue weighted by atomic mass is 10.0. The third-order valence-electron chi connectivity index (χ3n) is 5.76. The first-order chi connectivity index (χ1) is 15.1. The molecule has 1 aromatic carbocycles. The maximum atomic E-state index is 13.8. The fraction of sp³-hybridized carbons (Fsp3) is 0.364. The summed E-state index contributed by atoms with van der Waals surface area (Å²) < 4.78 is 25.6. The highest BCUT2D eigenvalue weighted by Crippen LogP contribution is 2.34. The summed E-state index contributed by atoms with van der Waals surface area (Å²) in [5.41, 5.74) is 1.58. The van der Waals surface area contributed by atoms with E-state index >= 15 is 0 Å². The summed E-state index contributed by atoms with van der Waals surface area (Å²) in [6, 6.07) is 3.89. The molecule has 9 nitrogen and oxygen atoms in total. The summed E-state index contributed by atoms with van der Waals surface area (Å²) in [5.74, 6) is -0.0919. The average molecular weight is 441 g/mol. The summed E-state index contributed by atoms with van der Waals surface area (Å²) in [4.78, 5) is 29.0. The maximum absolute atomic E-state index is 13.8. The van der Waals surface area contributed by atoms with E-state index in [1.54, 1.807) is 30.8 Å². The van der Waals surface area contributed by atoms with Crippen LogP contribution in [0.5, 0.6) is 5.75 Å². The first-order valence-corrected chi connectivity index (χ1v) is 10.1. The molecule has 0 spiro atoms. The van der Waals surface area contributed by atoms with Crippen LogP contribution >= 0.6 is 0 Å². The van der Waals surface area contributed by atoms with Crippen LogP contribution in [0.2, 0.25) is 0 Å². The lowest BCUT2D eigenvalue weighted by Gasteiger charge is -2.27. The Labute approximate surface area is 184 Å². The molecule has 0 bridgehead atoms. The van der Waals surface area contributed by atoms with Crippen LogP contribution in [-0.2, 0) is 17.9 Å². The second kappa shape index (κ2) is 7.77. The SMILES string of the molecule is COc1cc(CN2C(=O)N(c3cnn(Cc4c(C)noc4C)c3)C(=O)C2(C)C)ccc1F. The second-order valence-electron chi connectivity index (χ2n) is 8.24. The number of carbonyl (C=O) groups is 2. The van der Waals surface area contributed by atoms with Gasteiger partial charge in [0, 0.05) is 18.3 Å². The number of ether oxygens (including phenoxy) is 1. The summed E-state index contributed by atoms with van der Waals surface area (Å²) in [6.45, 7) is 7.55. The van der Waals surface area contributed by atoms with Crippen molar-refractivity contribution in [3.63, 3.8) is 0 Å². The highest BCUT2D eigenvalue weighted by atomic mass is 19.1. The van der Waals surface area contributed by atoms with Gasteiger partial charge >= 0.3 is 6.03 Å². The van der Waals surface area contributed by atoms with E-state index in [9.17, 15) is 14.0 Å². The number of anilines is 1. The van der Waals surface area contributed by atoms with Crippen LogP contribution in [-0.4, -0.2) is 44.4 Å². The third kappa shape index (κ3) is 3.51. The van der Waals surface area contributed by atoms with Gasteiger partial charge in [0.1, 0.15) is 11.3 Å². The van der Waals surface area contributed by atoms with Crippen molar-refractivity contribution in [2.45, 2.75) is 46.3 Å². The van der Waals surface area contributed by atoms with Gasteiger partial charge in [0.2, 0.25) is 0 Å². The molecule has 0 unspecified atom stereocenters. The predicted octanol–water partition coefficient (Wildman–Crippen LogP) is 3.43. The van der Waals surface area contributed by atoms with Gasteiger partial charge in [0.15, 0.2) is 11.6 Å². The van der Waals surface area contributed by atoms with Gasteiger partial charge in [-0.25, -0.2) is 14.1 Å². The van der Waals surface area contributed by atoms with Gasteiger partial charge < -0.3 is 14.2 Å². The van der Waals surface area contributed by atoms with Crippen LogP contribution in [0.1, 0.15) is 36.4 Å². The van der Waals surface area contributed by atoms with E-state index in [-0.39, 0.29) is 18.2 Å². The Balaban J connectivity index is 1.59. The number of imide groups is 1. The fourth-order valence-electron chi connectivity index (χ4n) is 3.76. The normalized spacial score (nSPS) is 15.7. The van der Waals surface area contributed by atoms with Crippen molar-refractivity contribution < 1.29 is 23.2 Å². The summed E-state index contributed by atoms with van der Waals surface area (Å²) >= 11 is 0. The van der Waals surface area contributed by atoms with Crippen molar-refractivity contribution in [2.75, 3.05) is 12.0 Å². The van der Waals surface area contributed by atoms with Crippen LogP contribution in [0.25, 0.3) is 0 Å². The van der Waals surface area contributed by atoms with Crippen molar-refractivity contribution >= 4 is 17.6 Å². The van der Waals surface area contributed by atoms with Crippen LogP contribution in [0.3, 0.4) is 0 Å². The van der Waals surface area contributed by atoms with Crippen molar-refractivity contribution in [3.8, 4) is 5.75 Å². The van der Waals surface area contributed by atoms with Crippen molar-refractivity contribution in [1.29, 1.82) is 0 Å². The number of carbonyl (C=O) groups excluding carboxylic acids is 2. The van der Waals surface area contributed by atoms with Crippen LogP contribution in [0.4, 0.5) is 14.9 Å². The van der Waals surface area contributed by atoms with Gasteiger partial charge in [0.05, 0.1) is 31.2 Å². The molecule has 0 atom stereocenters. The van der Waals surface area contributed by atoms with E-state index in [1.165, 1.54) is 30.3 Å². The lowest BCUT2D eigenvalue weighted by molar-refractivity contribution is -0.123. The quantitative estimate of drug-likeness (QED) is 0.544. The van der Waals surface area contributed by atoms with E-state index in [0.29, 0.717) is 23.6 Å². The zero-order chi connectivity index (χ0) is 23.2. The topological polar surface area (TPSA) is 93.7 Å². The van der Waals surface area contributed by atoms with Gasteiger partial charge in [-0.05, 0) is 45.4 Å². The Morgan fingerprint density at radius 3 is 2.59 bits per heavy atom. The molecule has 1 saturated heterocycles. The summed E-state index contributed by atoms with van der Waals surface area (Å²) in [7, 11) is 1.37. The number of hydrogen-bond donors (Lipinski definition) is 0. The molecule has 0 saturated carbocycles. The number of aryl methyl sites for hydroxylation is 2. The Morgan fingerprint density at radius 1 is 1.19 bits per heavy atom. The molecule has 3 amide bonds. The Bertz CT molecular complexity index is 1180. The molecule has 2 aromatic heterocycles. The van der Waals surface area contributed by atoms with Crippen LogP contribution < -0.4 is 9.64 Å². The largest absolute Gasteiger partial charge is 0.494 e. The fourth-order valence-corrected chi connectivity index (χ4v) is 3.76. The van der Waals surface area contributed by atoms with E-state index in [1.807, 2.05) is 13.8 Å². The molecule has 0 aliphatic carbocycles. The zero-order valence-corrected chi connectivity index (χ0v) is 18.5. The lowest BCUT2D eigenvalue weighted by Crippen LogP contribution is -2.43. The van der Waals surface area contributed by atoms with Gasteiger partial charge in [-0.2, -0.15) is 5.10 Å². The Hall–Kier alpha value is -3.69. The first kappa shape index (κ1) is 21.5. The first-order valence-electron chi connectivity index (χ1n) is 10.1. The number of hydrogen-bond acceptors (Lipinski definition) is 6. The Kier molecular flexibility index (Phi) is 5.23. The van der Waals surface area contributed by atoms with E-state index in [4.69, 9.17) is 9.26 Å². The van der Waals surface area contributed by atoms with E-state index in [0.717, 1.165) is 16.2 Å². The number of nitrogens with zero attached hydrogens (tertiary/aromatic N) is 5. The average Bonchev–Trinajstić information content (AvgIpc) is 3.38. The van der Waals surface area contributed by atoms with Gasteiger partial charge in [-0.1, -0.05) is 11.2 Å². The number of methoxy groups -OCH3 is 1. The molecular formula is C22H24FN5O4. The minimum Gasteiger partial charge on any atom is -0.494 e. The molecular weight excluding hydrogens is 417 g/mol. The minimum atomic E-state index is -1.09. The highest BCUT2D eigenvalue weighted by molar-refractivity contribution is 6.22. The van der Waals surface area contributed by atoms with E-state index < -0.39 is 17.4 Å². The molecule has 10 heteroatoms. The van der Waals surface area contributed by atoms with Crippen LogP contribution in [0, 0.1) is 19.7 Å². The van der Waals surface area contributed by atoms with Crippen LogP contribution in [0.15, 0.2) is 35.1 Å². The number of benzene rings is 1. The number of aromatic nitrogens is 3. The molecule has 1 aliphatic heterocycles. The monoisotopic (exact) mass is 441 g/mol. The van der Waals surface area contributed by atoms with Gasteiger partial charge in [-0.15, -0.1) is 0 Å². The standard InChI is InChI=1S/C22H24FN5O4/c1-13-17(14(2)32-25-13)12-26-11-16(9-24-26)28-20(29)22(3,4)27(21(28)30)10-15-6-7-18(23)19(8-15)31-5/h6-9,11H,10,12H2,1-5H3. The molecule has 0 radical (unpaired) electrons. The summed E-state index contributed by atoms with van der Waals surface area (Å²) in [6.07, 6.45) is 3.12. The third-order valence-corrected chi connectivity index (χ3v) is 5.76. The van der Waals surface area contributed by atoms with Crippen molar-refractivity contribution in [1.82, 2.24) is 19.8 Å². The number of halogens is 1. The van der Waals surface area contributed by atoms with Crippen molar-refractivity contribution in [2.24, 2.45) is 0 Å². The minimum absolute atomic E-state index is 0.0794. The molecule has 3 aromatic rings. The molecule has 1 aliphatic rings. The van der Waals surface area contributed by atoms with Gasteiger partial charge in [0.25, 0.3) is 5.91 Å². The predicted molar refractivity (Wildman–Crippen MR) is 113 cm³/mol. The summed E-state index contributed by atoms with van der Waals surface area (Å²) in [5, 5.41) is 8.23. The molecule has 1 fully saturated rings. The number of rotatable bonds is 6. The van der Waals surface area contributed by atoms with E-state index in [2.05, 4.69) is 10.3 Å². The maximum Gasteiger partial charge on any atom is 0.332 e. The highest BCUT2D eigenvalue weighted by Gasteiger charge is 2.52. The molecule has 4 rings (SSSR count). The number of urea groups is 1. The number of amides is 3. The molecule has 0 N–H and O–H groups in total. The molecule has 3 heterocycles. The zero-order valence-electron chi connectivity index (χ0n) is 18.5. The Morgan fingerprint density at radius 2 is 1.94 bits per heavy atom. The molecule has 168 valence electrons. The van der Waals surface area contributed by atoms with Gasteiger partial charge in [-0.3, -0.25) is 9.48 Å².